The molecule has 0 bridgehead atoms. The van der Waals surface area contributed by atoms with Crippen LogP contribution in [0.5, 0.6) is 5.75 Å². The Bertz CT molecular complexity index is 1280. The predicted octanol–water partition coefficient (Wildman–Crippen LogP) is 8.08. The highest BCUT2D eigenvalue weighted by Gasteiger charge is 2.34. The maximum atomic E-state index is 12.4. The summed E-state index contributed by atoms with van der Waals surface area (Å²) in [4.78, 5) is 12.4. The van der Waals surface area contributed by atoms with Crippen LogP contribution in [0, 0.1) is 0 Å². The monoisotopic (exact) mass is 494 g/mol. The lowest BCUT2D eigenvalue weighted by atomic mass is 9.89. The molecule has 36 heavy (non-hydrogen) atoms. The van der Waals surface area contributed by atoms with Crippen molar-refractivity contribution < 1.29 is 9.53 Å². The quantitative estimate of drug-likeness (QED) is 0.156. The van der Waals surface area contributed by atoms with Gasteiger partial charge in [0, 0.05) is 22.7 Å². The molecule has 0 amide bonds. The zero-order valence-electron chi connectivity index (χ0n) is 21.5. The van der Waals surface area contributed by atoms with Crippen LogP contribution in [0.4, 0.5) is 0 Å². The van der Waals surface area contributed by atoms with Gasteiger partial charge < -0.3 is 4.74 Å². The van der Waals surface area contributed by atoms with Crippen molar-refractivity contribution in [1.82, 2.24) is 0 Å². The summed E-state index contributed by atoms with van der Waals surface area (Å²) in [6.45, 7) is 6.71. The first-order chi connectivity index (χ1) is 17.6. The number of ketones is 1. The molecule has 4 aromatic carbocycles. The summed E-state index contributed by atoms with van der Waals surface area (Å²) in [6, 6.07) is 35.6. The third-order valence-corrected chi connectivity index (χ3v) is 9.12. The molecule has 0 aliphatic rings. The van der Waals surface area contributed by atoms with Crippen LogP contribution in [-0.2, 0) is 18.2 Å². The van der Waals surface area contributed by atoms with E-state index in [0.717, 1.165) is 41.4 Å². The van der Waals surface area contributed by atoms with Gasteiger partial charge in [-0.25, -0.2) is 0 Å². The number of para-hydroxylation sites is 1. The van der Waals surface area contributed by atoms with Gasteiger partial charge in [-0.2, -0.15) is 0 Å². The molecule has 0 radical (unpaired) electrons. The van der Waals surface area contributed by atoms with Crippen LogP contribution in [0.25, 0.3) is 0 Å². The number of hydrogen-bond acceptors (Lipinski definition) is 2. The number of benzene rings is 4. The van der Waals surface area contributed by atoms with Gasteiger partial charge in [-0.05, 0) is 41.8 Å². The molecule has 1 atom stereocenters. The lowest BCUT2D eigenvalue weighted by Gasteiger charge is -2.35. The van der Waals surface area contributed by atoms with E-state index in [2.05, 4.69) is 92.7 Å². The second-order valence-electron chi connectivity index (χ2n) is 9.25. The fourth-order valence-corrected chi connectivity index (χ4v) is 6.62. The molecular formula is C33H35O2P. The molecule has 0 saturated carbocycles. The number of carbonyl (C=O) groups is 1. The van der Waals surface area contributed by atoms with Crippen molar-refractivity contribution in [3.8, 4) is 5.75 Å². The normalized spacial score (nSPS) is 11.6. The zero-order valence-corrected chi connectivity index (χ0v) is 22.5. The van der Waals surface area contributed by atoms with Crippen molar-refractivity contribution >= 4 is 19.7 Å². The summed E-state index contributed by atoms with van der Waals surface area (Å²) in [7, 11) is 0.466. The fourth-order valence-electron chi connectivity index (χ4n) is 4.85. The molecule has 0 heterocycles. The summed E-state index contributed by atoms with van der Waals surface area (Å²) in [6.07, 6.45) is 2.74. The van der Waals surface area contributed by atoms with Crippen LogP contribution < -0.4 is 10.0 Å². The summed E-state index contributed by atoms with van der Waals surface area (Å²) in [5.74, 6) is 1.11. The molecule has 4 rings (SSSR count). The van der Waals surface area contributed by atoms with E-state index in [4.69, 9.17) is 4.74 Å². The molecule has 0 fully saturated rings. The second-order valence-corrected chi connectivity index (χ2v) is 11.0. The van der Waals surface area contributed by atoms with Gasteiger partial charge in [0.25, 0.3) is 0 Å². The Kier molecular flexibility index (Phi) is 8.73. The number of rotatable bonds is 11. The smallest absolute Gasteiger partial charge is 0.160 e. The third kappa shape index (κ3) is 5.94. The minimum atomic E-state index is -0.121. The first kappa shape index (κ1) is 25.9. The summed E-state index contributed by atoms with van der Waals surface area (Å²) in [5.41, 5.74) is 5.69. The van der Waals surface area contributed by atoms with Gasteiger partial charge >= 0.3 is 0 Å². The molecule has 0 aliphatic carbocycles. The van der Waals surface area contributed by atoms with Gasteiger partial charge in [-0.3, -0.25) is 4.79 Å². The number of Topliss-reactive ketones (excluding diaryl/α,β-unsaturated/α-hetero) is 1. The van der Waals surface area contributed by atoms with E-state index in [1.54, 1.807) is 6.92 Å². The maximum Gasteiger partial charge on any atom is 0.160 e. The lowest BCUT2D eigenvalue weighted by Crippen LogP contribution is -2.25. The van der Waals surface area contributed by atoms with Crippen LogP contribution >= 0.6 is 8.58 Å². The zero-order chi connectivity index (χ0) is 25.4. The van der Waals surface area contributed by atoms with E-state index in [-0.39, 0.29) is 10.9 Å². The van der Waals surface area contributed by atoms with Crippen molar-refractivity contribution in [3.05, 3.63) is 131 Å². The van der Waals surface area contributed by atoms with Gasteiger partial charge in [-0.1, -0.05) is 126 Å². The minimum absolute atomic E-state index is 0.121. The molecular weight excluding hydrogens is 459 g/mol. The Morgan fingerprint density at radius 2 is 1.36 bits per heavy atom. The second kappa shape index (κ2) is 12.2. The molecule has 0 aromatic heterocycles. The van der Waals surface area contributed by atoms with Crippen molar-refractivity contribution in [2.24, 2.45) is 0 Å². The van der Waals surface area contributed by atoms with E-state index < -0.39 is 0 Å². The van der Waals surface area contributed by atoms with Crippen molar-refractivity contribution in [3.63, 3.8) is 0 Å². The number of carbonyl (C=O) groups excluding carboxylic acids is 1. The van der Waals surface area contributed by atoms with Crippen LogP contribution in [0.3, 0.4) is 0 Å². The minimum Gasteiger partial charge on any atom is -0.488 e. The lowest BCUT2D eigenvalue weighted by molar-refractivity contribution is 0.101. The summed E-state index contributed by atoms with van der Waals surface area (Å²) in [5, 5.41) is 1.01. The SMILES string of the molecule is CCC(CC)(Pc1ccccc1C(C)=O)c1cccc(Cc2ccccc2)c1OCc1ccccc1. The molecule has 1 unspecified atom stereocenters. The standard InChI is InChI=1S/C33H35O2P/c1-4-33(5-2,36-31-22-13-12-20-29(31)25(3)34)30-21-14-19-28(23-26-15-8-6-9-16-26)32(30)35-24-27-17-10-7-11-18-27/h6-22,36H,4-5,23-24H2,1-3H3. The first-order valence-electron chi connectivity index (χ1n) is 12.8. The van der Waals surface area contributed by atoms with Crippen molar-refractivity contribution in [2.75, 3.05) is 0 Å². The molecule has 3 heteroatoms. The molecule has 4 aromatic rings. The summed E-state index contributed by atoms with van der Waals surface area (Å²) >= 11 is 0. The molecule has 184 valence electrons. The van der Waals surface area contributed by atoms with Gasteiger partial charge in [-0.15, -0.1) is 0 Å². The molecule has 0 aliphatic heterocycles. The molecule has 2 nitrogen and oxygen atoms in total. The van der Waals surface area contributed by atoms with Gasteiger partial charge in [0.2, 0.25) is 0 Å². The van der Waals surface area contributed by atoms with Crippen molar-refractivity contribution in [2.45, 2.75) is 51.8 Å². The topological polar surface area (TPSA) is 26.3 Å². The Morgan fingerprint density at radius 1 is 0.750 bits per heavy atom. The average Bonchev–Trinajstić information content (AvgIpc) is 2.92. The highest BCUT2D eigenvalue weighted by Crippen LogP contribution is 2.51. The Hall–Kier alpha value is -3.22. The first-order valence-corrected chi connectivity index (χ1v) is 13.8. The number of hydrogen-bond donors (Lipinski definition) is 0. The van der Waals surface area contributed by atoms with E-state index >= 15 is 0 Å². The van der Waals surface area contributed by atoms with Crippen LogP contribution in [0.1, 0.15) is 66.2 Å². The molecule has 0 saturated heterocycles. The Balaban J connectivity index is 1.80. The summed E-state index contributed by atoms with van der Waals surface area (Å²) < 4.78 is 6.69. The van der Waals surface area contributed by atoms with Gasteiger partial charge in [0.05, 0.1) is 0 Å². The van der Waals surface area contributed by atoms with Crippen LogP contribution in [0.15, 0.2) is 103 Å². The Morgan fingerprint density at radius 3 is 2.00 bits per heavy atom. The average molecular weight is 495 g/mol. The molecule has 0 N–H and O–H groups in total. The van der Waals surface area contributed by atoms with Crippen LogP contribution in [0.2, 0.25) is 0 Å². The third-order valence-electron chi connectivity index (χ3n) is 6.96. The largest absolute Gasteiger partial charge is 0.488 e. The highest BCUT2D eigenvalue weighted by molar-refractivity contribution is 7.48. The predicted molar refractivity (Wildman–Crippen MR) is 153 cm³/mol. The highest BCUT2D eigenvalue weighted by atomic mass is 31.1. The maximum absolute atomic E-state index is 12.4. The fraction of sp³-hybridized carbons (Fsp3) is 0.242. The van der Waals surface area contributed by atoms with E-state index in [0.29, 0.717) is 15.2 Å². The number of ether oxygens (including phenoxy) is 1. The van der Waals surface area contributed by atoms with E-state index in [1.807, 2.05) is 24.3 Å². The van der Waals surface area contributed by atoms with E-state index in [1.165, 1.54) is 16.7 Å². The van der Waals surface area contributed by atoms with Gasteiger partial charge in [0.1, 0.15) is 12.4 Å². The Labute approximate surface area is 217 Å². The molecule has 0 spiro atoms. The van der Waals surface area contributed by atoms with Crippen LogP contribution in [-0.4, -0.2) is 5.78 Å². The van der Waals surface area contributed by atoms with E-state index in [9.17, 15) is 4.79 Å². The van der Waals surface area contributed by atoms with Gasteiger partial charge in [0.15, 0.2) is 5.78 Å². The van der Waals surface area contributed by atoms with Crippen molar-refractivity contribution in [1.29, 1.82) is 0 Å².